The van der Waals surface area contributed by atoms with Crippen LogP contribution in [0.15, 0.2) is 40.4 Å². The lowest BCUT2D eigenvalue weighted by molar-refractivity contribution is 0.626. The highest BCUT2D eigenvalue weighted by Gasteiger charge is 2.15. The van der Waals surface area contributed by atoms with Crippen molar-refractivity contribution in [3.63, 3.8) is 0 Å². The zero-order chi connectivity index (χ0) is 15.7. The smallest absolute Gasteiger partial charge is 0.265 e. The Morgan fingerprint density at radius 1 is 1.36 bits per heavy atom. The van der Waals surface area contributed by atoms with E-state index in [0.717, 1.165) is 0 Å². The van der Waals surface area contributed by atoms with E-state index in [4.69, 9.17) is 6.42 Å². The average Bonchev–Trinajstić information content (AvgIpc) is 2.87. The van der Waals surface area contributed by atoms with Gasteiger partial charge in [-0.25, -0.2) is 13.9 Å². The number of aryl methyl sites for hydroxylation is 1. The molecule has 1 aromatic carbocycles. The van der Waals surface area contributed by atoms with E-state index in [1.165, 1.54) is 45.1 Å². The number of hydrogen-bond donors (Lipinski definition) is 0. The minimum atomic E-state index is -0.375. The molecule has 0 unspecified atom stereocenters. The number of nitrogens with zero attached hydrogens (tertiary/aromatic N) is 4. The van der Waals surface area contributed by atoms with Crippen LogP contribution in [0.2, 0.25) is 0 Å². The normalized spacial score (nSPS) is 10.8. The number of thioether (sulfide) groups is 1. The predicted octanol–water partition coefficient (Wildman–Crippen LogP) is 2.05. The Morgan fingerprint density at radius 3 is 2.77 bits per heavy atom. The fourth-order valence-electron chi connectivity index (χ4n) is 2.05. The van der Waals surface area contributed by atoms with Gasteiger partial charge in [-0.2, -0.15) is 0 Å². The van der Waals surface area contributed by atoms with E-state index in [2.05, 4.69) is 16.0 Å². The molecule has 0 radical (unpaired) electrons. The largest absolute Gasteiger partial charge is 0.302 e. The third-order valence-corrected chi connectivity index (χ3v) is 3.79. The van der Waals surface area contributed by atoms with Crippen LogP contribution < -0.4 is 5.56 Å². The summed E-state index contributed by atoms with van der Waals surface area (Å²) in [6.45, 7) is 1.78. The van der Waals surface area contributed by atoms with Crippen molar-refractivity contribution in [3.8, 4) is 18.0 Å². The second-order valence-electron chi connectivity index (χ2n) is 4.54. The molecule has 22 heavy (non-hydrogen) atoms. The van der Waals surface area contributed by atoms with E-state index >= 15 is 0 Å². The zero-order valence-electron chi connectivity index (χ0n) is 11.7. The predicted molar refractivity (Wildman–Crippen MR) is 82.8 cm³/mol. The Bertz CT molecular complexity index is 937. The molecule has 0 aliphatic carbocycles. The van der Waals surface area contributed by atoms with Gasteiger partial charge in [-0.1, -0.05) is 17.7 Å². The van der Waals surface area contributed by atoms with Crippen LogP contribution in [0.3, 0.4) is 0 Å². The number of aromatic nitrogens is 4. The quantitative estimate of drug-likeness (QED) is 0.548. The maximum Gasteiger partial charge on any atom is 0.302 e. The Balaban J connectivity index is 2.29. The van der Waals surface area contributed by atoms with Crippen molar-refractivity contribution < 1.29 is 4.39 Å². The molecule has 0 fully saturated rings. The molecule has 3 aromatic rings. The summed E-state index contributed by atoms with van der Waals surface area (Å²) in [4.78, 5) is 16.9. The van der Waals surface area contributed by atoms with Crippen molar-refractivity contribution in [2.75, 3.05) is 5.75 Å². The van der Waals surface area contributed by atoms with Gasteiger partial charge in [0, 0.05) is 0 Å². The molecule has 0 saturated heterocycles. The van der Waals surface area contributed by atoms with Crippen molar-refractivity contribution in [2.24, 2.45) is 0 Å². The standard InChI is InChI=1S/C15H11FN4OS/c1-3-8-22-15-18-19-9-10(2)17-13(19)14(21)20(15)12-6-4-11(16)5-7-12/h1,4-7,9H,8H2,2H3. The zero-order valence-corrected chi connectivity index (χ0v) is 12.5. The lowest BCUT2D eigenvalue weighted by Gasteiger charge is -2.10. The van der Waals surface area contributed by atoms with Gasteiger partial charge in [-0.05, 0) is 31.2 Å². The summed E-state index contributed by atoms with van der Waals surface area (Å²) in [7, 11) is 0. The van der Waals surface area contributed by atoms with E-state index < -0.39 is 0 Å². The third kappa shape index (κ3) is 2.49. The van der Waals surface area contributed by atoms with Crippen LogP contribution in [0.1, 0.15) is 5.69 Å². The summed E-state index contributed by atoms with van der Waals surface area (Å²) in [5.41, 5.74) is 1.09. The summed E-state index contributed by atoms with van der Waals surface area (Å²) in [6.07, 6.45) is 6.96. The fraction of sp³-hybridized carbons (Fsp3) is 0.133. The van der Waals surface area contributed by atoms with E-state index in [0.29, 0.717) is 22.3 Å². The summed E-state index contributed by atoms with van der Waals surface area (Å²) in [6, 6.07) is 5.62. The number of hydrogen-bond acceptors (Lipinski definition) is 4. The van der Waals surface area contributed by atoms with Crippen molar-refractivity contribution in [1.82, 2.24) is 19.2 Å². The molecule has 110 valence electrons. The topological polar surface area (TPSA) is 52.2 Å². The lowest BCUT2D eigenvalue weighted by atomic mass is 10.3. The van der Waals surface area contributed by atoms with Crippen LogP contribution in [-0.4, -0.2) is 24.9 Å². The third-order valence-electron chi connectivity index (χ3n) is 2.96. The van der Waals surface area contributed by atoms with Crippen LogP contribution >= 0.6 is 11.8 Å². The highest BCUT2D eigenvalue weighted by atomic mass is 32.2. The summed E-state index contributed by atoms with van der Waals surface area (Å²) in [5, 5.41) is 4.81. The van der Waals surface area contributed by atoms with Gasteiger partial charge in [0.2, 0.25) is 5.65 Å². The van der Waals surface area contributed by atoms with Gasteiger partial charge in [0.15, 0.2) is 5.16 Å². The van der Waals surface area contributed by atoms with Gasteiger partial charge in [-0.3, -0.25) is 9.36 Å². The Hall–Kier alpha value is -2.59. The Labute approximate surface area is 129 Å². The molecule has 0 bridgehead atoms. The van der Waals surface area contributed by atoms with Crippen molar-refractivity contribution in [1.29, 1.82) is 0 Å². The molecule has 0 spiro atoms. The Kier molecular flexibility index (Phi) is 3.69. The monoisotopic (exact) mass is 314 g/mol. The maximum absolute atomic E-state index is 13.1. The average molecular weight is 314 g/mol. The summed E-state index contributed by atoms with van der Waals surface area (Å²) < 4.78 is 15.9. The second-order valence-corrected chi connectivity index (χ2v) is 5.49. The van der Waals surface area contributed by atoms with E-state index in [-0.39, 0.29) is 17.0 Å². The van der Waals surface area contributed by atoms with Crippen LogP contribution in [-0.2, 0) is 0 Å². The number of halogens is 1. The van der Waals surface area contributed by atoms with Gasteiger partial charge in [0.25, 0.3) is 0 Å². The van der Waals surface area contributed by atoms with Crippen molar-refractivity contribution >= 4 is 17.4 Å². The molecule has 2 aromatic heterocycles. The van der Waals surface area contributed by atoms with Crippen LogP contribution in [0.5, 0.6) is 0 Å². The summed E-state index contributed by atoms with van der Waals surface area (Å²) in [5.74, 6) is 2.49. The molecule has 0 amide bonds. The van der Waals surface area contributed by atoms with E-state index in [1.807, 2.05) is 0 Å². The van der Waals surface area contributed by atoms with Crippen molar-refractivity contribution in [2.45, 2.75) is 12.1 Å². The van der Waals surface area contributed by atoms with Crippen LogP contribution in [0, 0.1) is 25.1 Å². The lowest BCUT2D eigenvalue weighted by Crippen LogP contribution is -2.24. The first-order chi connectivity index (χ1) is 10.6. The van der Waals surface area contributed by atoms with Gasteiger partial charge >= 0.3 is 5.56 Å². The molecule has 0 N–H and O–H groups in total. The first-order valence-electron chi connectivity index (χ1n) is 6.41. The van der Waals surface area contributed by atoms with E-state index in [1.54, 1.807) is 13.1 Å². The second kappa shape index (κ2) is 5.66. The molecule has 5 nitrogen and oxygen atoms in total. The first kappa shape index (κ1) is 14.4. The van der Waals surface area contributed by atoms with Crippen molar-refractivity contribution in [3.05, 3.63) is 52.3 Å². The number of imidazole rings is 1. The molecule has 2 heterocycles. The van der Waals surface area contributed by atoms with E-state index in [9.17, 15) is 9.18 Å². The molecule has 0 saturated carbocycles. The SMILES string of the molecule is C#CCSc1nn2cc(C)nc2c(=O)n1-c1ccc(F)cc1. The Morgan fingerprint density at radius 2 is 2.09 bits per heavy atom. The maximum atomic E-state index is 13.1. The number of benzene rings is 1. The van der Waals surface area contributed by atoms with Crippen LogP contribution in [0.25, 0.3) is 11.3 Å². The minimum absolute atomic E-state index is 0.215. The van der Waals surface area contributed by atoms with Gasteiger partial charge in [0.1, 0.15) is 5.82 Å². The number of fused-ring (bicyclic) bond motifs is 1. The molecular formula is C15H11FN4OS. The van der Waals surface area contributed by atoms with Gasteiger partial charge in [-0.15, -0.1) is 11.5 Å². The molecular weight excluding hydrogens is 303 g/mol. The molecule has 0 aliphatic rings. The number of rotatable bonds is 3. The molecule has 7 heteroatoms. The highest BCUT2D eigenvalue weighted by Crippen LogP contribution is 2.18. The minimum Gasteiger partial charge on any atom is -0.265 e. The fourth-order valence-corrected chi connectivity index (χ4v) is 2.72. The molecule has 0 aliphatic heterocycles. The number of terminal acetylenes is 1. The van der Waals surface area contributed by atoms with Crippen LogP contribution in [0.4, 0.5) is 4.39 Å². The highest BCUT2D eigenvalue weighted by molar-refractivity contribution is 7.99. The van der Waals surface area contributed by atoms with Gasteiger partial charge < -0.3 is 0 Å². The first-order valence-corrected chi connectivity index (χ1v) is 7.40. The molecule has 3 rings (SSSR count). The molecule has 0 atom stereocenters. The van der Waals surface area contributed by atoms with Gasteiger partial charge in [0.05, 0.1) is 23.3 Å². The summed E-state index contributed by atoms with van der Waals surface area (Å²) >= 11 is 1.26.